The van der Waals surface area contributed by atoms with Crippen molar-refractivity contribution in [2.24, 2.45) is 13.0 Å². The molecule has 1 aliphatic heterocycles. The minimum atomic E-state index is 0.0100. The molecule has 2 bridgehead atoms. The number of aryl methyl sites for hydroxylation is 1. The van der Waals surface area contributed by atoms with E-state index in [1.54, 1.807) is 21.6 Å². The largest absolute Gasteiger partial charge is 0.472 e. The van der Waals surface area contributed by atoms with Gasteiger partial charge in [0, 0.05) is 43.7 Å². The molecule has 3 atom stereocenters. The first-order chi connectivity index (χ1) is 13.1. The van der Waals surface area contributed by atoms with Gasteiger partial charge in [0.25, 0.3) is 0 Å². The van der Waals surface area contributed by atoms with E-state index in [0.717, 1.165) is 36.2 Å². The summed E-state index contributed by atoms with van der Waals surface area (Å²) in [4.78, 5) is 18.6. The number of carbonyl (C=O) groups excluding carboxylic acids is 1. The third-order valence-corrected chi connectivity index (χ3v) is 5.55. The number of hydrogen-bond donors (Lipinski definition) is 0. The van der Waals surface area contributed by atoms with Crippen molar-refractivity contribution in [3.8, 4) is 17.1 Å². The molecular weight excluding hydrogens is 344 g/mol. The average Bonchev–Trinajstić information content (AvgIpc) is 3.44. The van der Waals surface area contributed by atoms with Crippen LogP contribution in [0.3, 0.4) is 0 Å². The zero-order chi connectivity index (χ0) is 18.5. The van der Waals surface area contributed by atoms with Gasteiger partial charge in [0.1, 0.15) is 11.6 Å². The minimum Gasteiger partial charge on any atom is -0.472 e. The second kappa shape index (κ2) is 5.94. The zero-order valence-corrected chi connectivity index (χ0v) is 15.0. The molecule has 0 radical (unpaired) electrons. The Hall–Kier alpha value is -3.16. The van der Waals surface area contributed by atoms with E-state index in [-0.39, 0.29) is 18.1 Å². The molecule has 3 aromatic rings. The van der Waals surface area contributed by atoms with Crippen LogP contribution in [0.5, 0.6) is 5.88 Å². The molecule has 1 saturated carbocycles. The van der Waals surface area contributed by atoms with Crippen LogP contribution in [0.1, 0.15) is 12.8 Å². The second-order valence-corrected chi connectivity index (χ2v) is 7.23. The van der Waals surface area contributed by atoms with Gasteiger partial charge in [-0.3, -0.25) is 9.48 Å². The van der Waals surface area contributed by atoms with Crippen LogP contribution >= 0.6 is 0 Å². The Kier molecular flexibility index (Phi) is 3.53. The molecule has 2 aliphatic rings. The lowest BCUT2D eigenvalue weighted by Crippen LogP contribution is -2.42. The first kappa shape index (κ1) is 16.0. The Balaban J connectivity index is 1.44. The van der Waals surface area contributed by atoms with E-state index < -0.39 is 0 Å². The summed E-state index contributed by atoms with van der Waals surface area (Å²) in [6, 6.07) is 2.13. The zero-order valence-electron chi connectivity index (χ0n) is 15.0. The molecule has 0 unspecified atom stereocenters. The van der Waals surface area contributed by atoms with Gasteiger partial charge in [0.15, 0.2) is 0 Å². The summed E-state index contributed by atoms with van der Waals surface area (Å²) in [5, 5.41) is 8.57. The number of likely N-dealkylation sites (tertiary alicyclic amines) is 1. The molecule has 1 amide bonds. The van der Waals surface area contributed by atoms with E-state index in [2.05, 4.69) is 16.8 Å². The van der Waals surface area contributed by atoms with E-state index in [0.29, 0.717) is 11.8 Å². The van der Waals surface area contributed by atoms with Gasteiger partial charge in [0.05, 0.1) is 24.3 Å². The average molecular weight is 364 g/mol. The highest BCUT2D eigenvalue weighted by molar-refractivity contribution is 5.87. The summed E-state index contributed by atoms with van der Waals surface area (Å²) in [6.45, 7) is 4.32. The van der Waals surface area contributed by atoms with Gasteiger partial charge in [0.2, 0.25) is 11.8 Å². The van der Waals surface area contributed by atoms with Crippen molar-refractivity contribution in [1.29, 1.82) is 0 Å². The molecule has 1 aliphatic carbocycles. The lowest BCUT2D eigenvalue weighted by Gasteiger charge is -2.31. The maximum atomic E-state index is 11.9. The summed E-state index contributed by atoms with van der Waals surface area (Å²) in [7, 11) is 1.87. The topological polar surface area (TPSA) is 77.6 Å². The highest BCUT2D eigenvalue weighted by Crippen LogP contribution is 2.40. The fourth-order valence-corrected chi connectivity index (χ4v) is 4.26. The normalized spacial score (nSPS) is 23.9. The quantitative estimate of drug-likeness (QED) is 0.659. The molecule has 27 heavy (non-hydrogen) atoms. The van der Waals surface area contributed by atoms with Crippen LogP contribution in [0.15, 0.2) is 43.5 Å². The van der Waals surface area contributed by atoms with Crippen LogP contribution in [0.4, 0.5) is 0 Å². The standard InChI is InChI=1S/C19H20N6O2/c1-3-18(26)24-10-12-6-14(24)7-17(12)27-19-16-4-5-20-25(16)11-15(22-19)13-8-21-23(2)9-13/h3-5,8-9,11-12,14,17H,1,6-7,10H2,2H3/t12-,14-,17+/m0/s1. The Morgan fingerprint density at radius 3 is 2.93 bits per heavy atom. The molecular formula is C19H20N6O2. The minimum absolute atomic E-state index is 0.0100. The number of amides is 1. The maximum Gasteiger partial charge on any atom is 0.246 e. The Morgan fingerprint density at radius 1 is 1.33 bits per heavy atom. The predicted octanol–water partition coefficient (Wildman–Crippen LogP) is 1.68. The number of carbonyl (C=O) groups is 1. The van der Waals surface area contributed by atoms with E-state index in [4.69, 9.17) is 9.72 Å². The number of rotatable bonds is 4. The van der Waals surface area contributed by atoms with E-state index in [9.17, 15) is 4.79 Å². The molecule has 2 fully saturated rings. The Labute approximate surface area is 156 Å². The smallest absolute Gasteiger partial charge is 0.246 e. The van der Waals surface area contributed by atoms with Crippen molar-refractivity contribution in [3.63, 3.8) is 0 Å². The molecule has 4 heterocycles. The summed E-state index contributed by atoms with van der Waals surface area (Å²) >= 11 is 0. The SMILES string of the molecule is C=CC(=O)N1C[C@@H]2C[C@H]1C[C@H]2Oc1nc(-c2cnn(C)c2)cn2nccc12. The van der Waals surface area contributed by atoms with E-state index >= 15 is 0 Å². The third kappa shape index (κ3) is 2.59. The highest BCUT2D eigenvalue weighted by atomic mass is 16.5. The molecule has 0 N–H and O–H groups in total. The molecule has 1 saturated heterocycles. The van der Waals surface area contributed by atoms with Crippen molar-refractivity contribution in [1.82, 2.24) is 29.3 Å². The fraction of sp³-hybridized carbons (Fsp3) is 0.368. The van der Waals surface area contributed by atoms with Gasteiger partial charge >= 0.3 is 0 Å². The van der Waals surface area contributed by atoms with Gasteiger partial charge in [-0.05, 0) is 18.6 Å². The van der Waals surface area contributed by atoms with Gasteiger partial charge in [-0.2, -0.15) is 10.2 Å². The van der Waals surface area contributed by atoms with Crippen LogP contribution < -0.4 is 4.74 Å². The summed E-state index contributed by atoms with van der Waals surface area (Å²) < 4.78 is 9.87. The molecule has 138 valence electrons. The molecule has 3 aromatic heterocycles. The summed E-state index contributed by atoms with van der Waals surface area (Å²) in [6.07, 6.45) is 10.6. The van der Waals surface area contributed by atoms with Crippen LogP contribution in [0.2, 0.25) is 0 Å². The first-order valence-electron chi connectivity index (χ1n) is 9.05. The van der Waals surface area contributed by atoms with Gasteiger partial charge in [-0.15, -0.1) is 0 Å². The van der Waals surface area contributed by atoms with Crippen LogP contribution in [-0.4, -0.2) is 53.9 Å². The van der Waals surface area contributed by atoms with Gasteiger partial charge in [-0.1, -0.05) is 6.58 Å². The molecule has 0 spiro atoms. The molecule has 8 heteroatoms. The van der Waals surface area contributed by atoms with Crippen molar-refractivity contribution in [2.75, 3.05) is 6.54 Å². The monoisotopic (exact) mass is 364 g/mol. The van der Waals surface area contributed by atoms with Crippen molar-refractivity contribution < 1.29 is 9.53 Å². The van der Waals surface area contributed by atoms with E-state index in [1.807, 2.05) is 30.4 Å². The van der Waals surface area contributed by atoms with Crippen molar-refractivity contribution in [3.05, 3.63) is 43.5 Å². The van der Waals surface area contributed by atoms with Crippen LogP contribution in [0, 0.1) is 5.92 Å². The Morgan fingerprint density at radius 2 is 2.22 bits per heavy atom. The van der Waals surface area contributed by atoms with Gasteiger partial charge < -0.3 is 9.64 Å². The predicted molar refractivity (Wildman–Crippen MR) is 98.0 cm³/mol. The fourth-order valence-electron chi connectivity index (χ4n) is 4.26. The number of hydrogen-bond acceptors (Lipinski definition) is 5. The number of aromatic nitrogens is 5. The molecule has 8 nitrogen and oxygen atoms in total. The lowest BCUT2D eigenvalue weighted by molar-refractivity contribution is -0.128. The van der Waals surface area contributed by atoms with Crippen molar-refractivity contribution >= 4 is 11.4 Å². The maximum absolute atomic E-state index is 11.9. The summed E-state index contributed by atoms with van der Waals surface area (Å²) in [5.41, 5.74) is 2.51. The number of ether oxygens (including phenoxy) is 1. The molecule has 0 aromatic carbocycles. The highest BCUT2D eigenvalue weighted by Gasteiger charge is 2.47. The first-order valence-corrected chi connectivity index (χ1v) is 9.05. The van der Waals surface area contributed by atoms with Gasteiger partial charge in [-0.25, -0.2) is 9.50 Å². The molecule has 5 rings (SSSR count). The number of fused-ring (bicyclic) bond motifs is 3. The number of nitrogens with zero attached hydrogens (tertiary/aromatic N) is 6. The second-order valence-electron chi connectivity index (χ2n) is 7.23. The third-order valence-electron chi connectivity index (χ3n) is 5.55. The summed E-state index contributed by atoms with van der Waals surface area (Å²) in [5.74, 6) is 0.912. The van der Waals surface area contributed by atoms with Crippen LogP contribution in [-0.2, 0) is 11.8 Å². The Bertz CT molecular complexity index is 1040. The van der Waals surface area contributed by atoms with E-state index in [1.165, 1.54) is 6.08 Å². The van der Waals surface area contributed by atoms with Crippen molar-refractivity contribution in [2.45, 2.75) is 25.0 Å². The lowest BCUT2D eigenvalue weighted by atomic mass is 10.1. The van der Waals surface area contributed by atoms with Crippen LogP contribution in [0.25, 0.3) is 16.8 Å². The number of piperidine rings is 1.